The Kier molecular flexibility index (Phi) is 6.05. The molecule has 0 saturated heterocycles. The van der Waals surface area contributed by atoms with Gasteiger partial charge in [-0.25, -0.2) is 4.98 Å². The highest BCUT2D eigenvalue weighted by Crippen LogP contribution is 2.40. The third kappa shape index (κ3) is 4.74. The average molecular weight is 489 g/mol. The Morgan fingerprint density at radius 3 is 2.62 bits per heavy atom. The molecule has 176 valence electrons. The molecule has 0 fully saturated rings. The number of aromatic nitrogens is 1. The SMILES string of the molecule is Cc1cccc(OCc2ccc(C(=O)Nc3c(C(N)=O)sc4nc(C(F)(F)F)cc(C)c34)o2)c1. The summed E-state index contributed by atoms with van der Waals surface area (Å²) in [6.45, 7) is 3.44. The van der Waals surface area contributed by atoms with E-state index in [0.717, 1.165) is 11.6 Å². The Bertz CT molecular complexity index is 1410. The zero-order valence-electron chi connectivity index (χ0n) is 17.9. The predicted molar refractivity (Wildman–Crippen MR) is 120 cm³/mol. The number of hydrogen-bond acceptors (Lipinski definition) is 6. The van der Waals surface area contributed by atoms with Crippen LogP contribution in [-0.2, 0) is 12.8 Å². The van der Waals surface area contributed by atoms with Gasteiger partial charge in [-0.3, -0.25) is 9.59 Å². The van der Waals surface area contributed by atoms with Crippen molar-refractivity contribution in [3.63, 3.8) is 0 Å². The van der Waals surface area contributed by atoms with Gasteiger partial charge in [0.15, 0.2) is 5.76 Å². The molecule has 11 heteroatoms. The fourth-order valence-electron chi connectivity index (χ4n) is 3.33. The first-order valence-electron chi connectivity index (χ1n) is 9.93. The van der Waals surface area contributed by atoms with E-state index in [0.29, 0.717) is 22.8 Å². The smallest absolute Gasteiger partial charge is 0.433 e. The number of benzene rings is 1. The van der Waals surface area contributed by atoms with E-state index < -0.39 is 23.7 Å². The standard InChI is InChI=1S/C23H18F3N3O4S/c1-11-4-3-5-13(8-11)32-10-14-6-7-15(33-14)21(31)29-18-17-12(2)9-16(23(24,25)26)28-22(17)34-19(18)20(27)30/h3-9H,10H2,1-2H3,(H2,27,30)(H,29,31). The molecular formula is C23H18F3N3O4S. The number of carbonyl (C=O) groups excluding carboxylic acids is 2. The Morgan fingerprint density at radius 2 is 1.94 bits per heavy atom. The molecular weight excluding hydrogens is 471 g/mol. The number of ether oxygens (including phenoxy) is 1. The van der Waals surface area contributed by atoms with Crippen LogP contribution in [-0.4, -0.2) is 16.8 Å². The van der Waals surface area contributed by atoms with E-state index >= 15 is 0 Å². The van der Waals surface area contributed by atoms with Crippen LogP contribution in [0.1, 0.15) is 42.8 Å². The highest BCUT2D eigenvalue weighted by Gasteiger charge is 2.34. The lowest BCUT2D eigenvalue weighted by Crippen LogP contribution is -2.16. The number of amides is 2. The summed E-state index contributed by atoms with van der Waals surface area (Å²) < 4.78 is 50.6. The van der Waals surface area contributed by atoms with Gasteiger partial charge in [-0.15, -0.1) is 11.3 Å². The molecule has 0 bridgehead atoms. The van der Waals surface area contributed by atoms with E-state index in [1.54, 1.807) is 12.1 Å². The minimum absolute atomic E-state index is 0.00909. The highest BCUT2D eigenvalue weighted by molar-refractivity contribution is 7.21. The topological polar surface area (TPSA) is 107 Å². The number of nitrogens with zero attached hydrogens (tertiary/aromatic N) is 1. The highest BCUT2D eigenvalue weighted by atomic mass is 32.1. The van der Waals surface area contributed by atoms with Crippen molar-refractivity contribution in [1.82, 2.24) is 4.98 Å². The Morgan fingerprint density at radius 1 is 1.18 bits per heavy atom. The van der Waals surface area contributed by atoms with Crippen molar-refractivity contribution in [1.29, 1.82) is 0 Å². The van der Waals surface area contributed by atoms with Gasteiger partial charge in [0.1, 0.15) is 33.5 Å². The first-order valence-corrected chi connectivity index (χ1v) is 10.7. The lowest BCUT2D eigenvalue weighted by molar-refractivity contribution is -0.141. The Labute approximate surface area is 195 Å². The van der Waals surface area contributed by atoms with Crippen LogP contribution < -0.4 is 15.8 Å². The molecule has 4 rings (SSSR count). The number of pyridine rings is 1. The molecule has 3 heterocycles. The van der Waals surface area contributed by atoms with Gasteiger partial charge in [0.2, 0.25) is 0 Å². The molecule has 0 saturated carbocycles. The van der Waals surface area contributed by atoms with Gasteiger partial charge in [0.05, 0.1) is 5.69 Å². The van der Waals surface area contributed by atoms with Crippen molar-refractivity contribution in [3.05, 3.63) is 75.7 Å². The predicted octanol–water partition coefficient (Wildman–Crippen LogP) is 5.46. The van der Waals surface area contributed by atoms with Gasteiger partial charge in [0.25, 0.3) is 11.8 Å². The molecule has 0 aliphatic heterocycles. The van der Waals surface area contributed by atoms with E-state index in [1.807, 2.05) is 25.1 Å². The van der Waals surface area contributed by atoms with E-state index in [4.69, 9.17) is 14.9 Å². The summed E-state index contributed by atoms with van der Waals surface area (Å²) in [4.78, 5) is 28.2. The number of thiophene rings is 1. The minimum Gasteiger partial charge on any atom is -0.486 e. The van der Waals surface area contributed by atoms with Crippen molar-refractivity contribution in [2.75, 3.05) is 5.32 Å². The molecule has 4 aromatic rings. The molecule has 0 aliphatic rings. The van der Waals surface area contributed by atoms with Crippen LogP contribution in [0.4, 0.5) is 18.9 Å². The van der Waals surface area contributed by atoms with Crippen molar-refractivity contribution >= 4 is 39.1 Å². The maximum Gasteiger partial charge on any atom is 0.433 e. The Balaban J connectivity index is 1.59. The molecule has 0 unspecified atom stereocenters. The van der Waals surface area contributed by atoms with Gasteiger partial charge >= 0.3 is 6.18 Å². The van der Waals surface area contributed by atoms with Crippen LogP contribution in [0.25, 0.3) is 10.2 Å². The zero-order chi connectivity index (χ0) is 24.6. The number of carbonyl (C=O) groups is 2. The van der Waals surface area contributed by atoms with Crippen LogP contribution in [0.5, 0.6) is 5.75 Å². The molecule has 0 radical (unpaired) electrons. The number of hydrogen-bond donors (Lipinski definition) is 2. The van der Waals surface area contributed by atoms with Crippen LogP contribution in [0.15, 0.2) is 46.9 Å². The van der Waals surface area contributed by atoms with Gasteiger partial charge in [0, 0.05) is 5.39 Å². The van der Waals surface area contributed by atoms with Crippen molar-refractivity contribution < 1.29 is 31.9 Å². The monoisotopic (exact) mass is 489 g/mol. The number of halogens is 3. The summed E-state index contributed by atoms with van der Waals surface area (Å²) in [6.07, 6.45) is -4.66. The molecule has 34 heavy (non-hydrogen) atoms. The summed E-state index contributed by atoms with van der Waals surface area (Å²) in [5.41, 5.74) is 5.51. The second-order valence-electron chi connectivity index (χ2n) is 7.50. The largest absolute Gasteiger partial charge is 0.486 e. The third-order valence-electron chi connectivity index (χ3n) is 4.87. The number of rotatable bonds is 6. The van der Waals surface area contributed by atoms with Gasteiger partial charge in [-0.2, -0.15) is 13.2 Å². The van der Waals surface area contributed by atoms with Crippen LogP contribution in [0, 0.1) is 13.8 Å². The van der Waals surface area contributed by atoms with Crippen molar-refractivity contribution in [3.8, 4) is 5.75 Å². The quantitative estimate of drug-likeness (QED) is 0.374. The Hall–Kier alpha value is -3.86. The molecule has 7 nitrogen and oxygen atoms in total. The third-order valence-corrected chi connectivity index (χ3v) is 5.97. The number of primary amides is 1. The number of nitrogens with two attached hydrogens (primary N) is 1. The van der Waals surface area contributed by atoms with Gasteiger partial charge in [-0.05, 0) is 55.3 Å². The molecule has 0 aliphatic carbocycles. The zero-order valence-corrected chi connectivity index (χ0v) is 18.8. The lowest BCUT2D eigenvalue weighted by Gasteiger charge is -2.09. The molecule has 0 atom stereocenters. The first-order chi connectivity index (χ1) is 16.0. The maximum absolute atomic E-state index is 13.1. The maximum atomic E-state index is 13.1. The average Bonchev–Trinajstić information content (AvgIpc) is 3.37. The summed E-state index contributed by atoms with van der Waals surface area (Å²) in [7, 11) is 0. The minimum atomic E-state index is -4.66. The molecule has 3 N–H and O–H groups in total. The van der Waals surface area contributed by atoms with Crippen LogP contribution in [0.3, 0.4) is 0 Å². The molecule has 2 amide bonds. The number of aryl methyl sites for hydroxylation is 2. The van der Waals surface area contributed by atoms with Crippen LogP contribution in [0.2, 0.25) is 0 Å². The number of alkyl halides is 3. The van der Waals surface area contributed by atoms with E-state index in [9.17, 15) is 22.8 Å². The number of furan rings is 1. The first kappa shape index (κ1) is 23.3. The van der Waals surface area contributed by atoms with E-state index in [1.165, 1.54) is 13.0 Å². The molecule has 0 spiro atoms. The molecule has 3 aromatic heterocycles. The van der Waals surface area contributed by atoms with E-state index in [-0.39, 0.29) is 38.7 Å². The van der Waals surface area contributed by atoms with Crippen molar-refractivity contribution in [2.24, 2.45) is 5.73 Å². The number of fused-ring (bicyclic) bond motifs is 1. The van der Waals surface area contributed by atoms with Gasteiger partial charge < -0.3 is 20.2 Å². The normalized spacial score (nSPS) is 11.6. The fourth-order valence-corrected chi connectivity index (χ4v) is 4.39. The second kappa shape index (κ2) is 8.82. The summed E-state index contributed by atoms with van der Waals surface area (Å²) in [6, 6.07) is 11.3. The number of anilines is 1. The summed E-state index contributed by atoms with van der Waals surface area (Å²) in [5, 5.41) is 2.74. The van der Waals surface area contributed by atoms with Crippen molar-refractivity contribution in [2.45, 2.75) is 26.6 Å². The van der Waals surface area contributed by atoms with Crippen LogP contribution >= 0.6 is 11.3 Å². The fraction of sp³-hybridized carbons (Fsp3) is 0.174. The summed E-state index contributed by atoms with van der Waals surface area (Å²) in [5.74, 6) is -0.666. The van der Waals surface area contributed by atoms with E-state index in [2.05, 4.69) is 10.3 Å². The second-order valence-corrected chi connectivity index (χ2v) is 8.50. The molecule has 1 aromatic carbocycles. The van der Waals surface area contributed by atoms with Gasteiger partial charge in [-0.1, -0.05) is 12.1 Å². The summed E-state index contributed by atoms with van der Waals surface area (Å²) >= 11 is 0.675. The lowest BCUT2D eigenvalue weighted by atomic mass is 10.1. The number of nitrogens with one attached hydrogen (secondary N) is 1.